The monoisotopic (exact) mass is 314 g/mol. The van der Waals surface area contributed by atoms with Crippen molar-refractivity contribution >= 4 is 17.4 Å². The molecule has 0 saturated carbocycles. The molecule has 0 heterocycles. The lowest BCUT2D eigenvalue weighted by molar-refractivity contribution is -0.384. The van der Waals surface area contributed by atoms with Crippen molar-refractivity contribution in [2.24, 2.45) is 5.16 Å². The summed E-state index contributed by atoms with van der Waals surface area (Å²) in [6, 6.07) is 13.0. The molecule has 0 amide bonds. The molecule has 0 aliphatic heterocycles. The van der Waals surface area contributed by atoms with Gasteiger partial charge in [-0.3, -0.25) is 10.1 Å². The second-order valence-electron chi connectivity index (χ2n) is 4.56. The minimum absolute atomic E-state index is 0.0636. The molecule has 0 fully saturated rings. The fourth-order valence-corrected chi connectivity index (χ4v) is 1.83. The highest BCUT2D eigenvalue weighted by atomic mass is 16.6. The fraction of sp³-hybridized carbons (Fsp3) is 0.125. The van der Waals surface area contributed by atoms with E-state index in [9.17, 15) is 14.9 Å². The first kappa shape index (κ1) is 16.2. The van der Waals surface area contributed by atoms with Gasteiger partial charge in [0.25, 0.3) is 5.69 Å². The number of hydrogen-bond acceptors (Lipinski definition) is 6. The van der Waals surface area contributed by atoms with Gasteiger partial charge in [-0.1, -0.05) is 35.5 Å². The molecule has 0 aromatic heterocycles. The Bertz CT molecular complexity index is 756. The topological polar surface area (TPSA) is 91.0 Å². The largest absolute Gasteiger partial charge is 0.465 e. The summed E-state index contributed by atoms with van der Waals surface area (Å²) < 4.78 is 4.61. The first-order valence-electron chi connectivity index (χ1n) is 6.66. The highest BCUT2D eigenvalue weighted by Crippen LogP contribution is 2.25. The van der Waals surface area contributed by atoms with Gasteiger partial charge in [0, 0.05) is 12.1 Å². The maximum Gasteiger partial charge on any atom is 0.342 e. The highest BCUT2D eigenvalue weighted by molar-refractivity contribution is 5.98. The normalized spacial score (nSPS) is 11.0. The third-order valence-electron chi connectivity index (χ3n) is 3.05. The van der Waals surface area contributed by atoms with Crippen molar-refractivity contribution in [3.63, 3.8) is 0 Å². The van der Waals surface area contributed by atoms with Gasteiger partial charge in [-0.15, -0.1) is 0 Å². The molecule has 23 heavy (non-hydrogen) atoms. The van der Waals surface area contributed by atoms with E-state index >= 15 is 0 Å². The number of hydrogen-bond donors (Lipinski definition) is 0. The van der Waals surface area contributed by atoms with Gasteiger partial charge in [0.1, 0.15) is 5.56 Å². The smallest absolute Gasteiger partial charge is 0.342 e. The minimum atomic E-state index is -0.740. The number of benzene rings is 2. The van der Waals surface area contributed by atoms with Crippen LogP contribution in [0.15, 0.2) is 53.7 Å². The zero-order chi connectivity index (χ0) is 16.8. The number of methoxy groups -OCH3 is 1. The minimum Gasteiger partial charge on any atom is -0.465 e. The molecule has 118 valence electrons. The summed E-state index contributed by atoms with van der Waals surface area (Å²) in [6.45, 7) is 1.75. The molecule has 0 radical (unpaired) electrons. The summed E-state index contributed by atoms with van der Waals surface area (Å²) in [5.41, 5.74) is 1.15. The molecule has 2 rings (SSSR count). The predicted molar refractivity (Wildman–Crippen MR) is 83.7 cm³/mol. The van der Waals surface area contributed by atoms with Gasteiger partial charge in [-0.25, -0.2) is 4.79 Å². The Morgan fingerprint density at radius 1 is 1.17 bits per heavy atom. The molecule has 0 unspecified atom stereocenters. The Morgan fingerprint density at radius 3 is 2.48 bits per heavy atom. The van der Waals surface area contributed by atoms with E-state index in [-0.39, 0.29) is 17.0 Å². The summed E-state index contributed by atoms with van der Waals surface area (Å²) in [7, 11) is 1.18. The van der Waals surface area contributed by atoms with Gasteiger partial charge in [-0.2, -0.15) is 0 Å². The summed E-state index contributed by atoms with van der Waals surface area (Å²) in [5.74, 6) is -0.658. The molecule has 7 heteroatoms. The van der Waals surface area contributed by atoms with Crippen LogP contribution >= 0.6 is 0 Å². The maximum atomic E-state index is 11.8. The van der Waals surface area contributed by atoms with Crippen LogP contribution in [-0.4, -0.2) is 23.7 Å². The molecule has 0 saturated heterocycles. The van der Waals surface area contributed by atoms with Gasteiger partial charge in [0.05, 0.1) is 17.7 Å². The second kappa shape index (κ2) is 7.17. The van der Waals surface area contributed by atoms with E-state index in [4.69, 9.17) is 4.84 Å². The standard InChI is InChI=1S/C16H14N2O5/c1-11(12-6-4-3-5-7-12)17-23-15-9-8-13(18(20)21)10-14(15)16(19)22-2/h3-10H,1-2H3. The number of esters is 1. The summed E-state index contributed by atoms with van der Waals surface area (Å²) in [6.07, 6.45) is 0. The molecule has 0 spiro atoms. The first-order valence-corrected chi connectivity index (χ1v) is 6.66. The average molecular weight is 314 g/mol. The average Bonchev–Trinajstić information content (AvgIpc) is 2.59. The van der Waals surface area contributed by atoms with Gasteiger partial charge in [0.2, 0.25) is 0 Å². The van der Waals surface area contributed by atoms with E-state index in [2.05, 4.69) is 9.89 Å². The number of rotatable bonds is 5. The van der Waals surface area contributed by atoms with Gasteiger partial charge < -0.3 is 9.57 Å². The van der Waals surface area contributed by atoms with Gasteiger partial charge in [0.15, 0.2) is 5.75 Å². The van der Waals surface area contributed by atoms with Crippen LogP contribution in [-0.2, 0) is 4.74 Å². The van der Waals surface area contributed by atoms with Crippen LogP contribution in [0.5, 0.6) is 5.75 Å². The molecule has 2 aromatic rings. The Balaban J connectivity index is 2.32. The molecule has 0 N–H and O–H groups in total. The molecule has 2 aromatic carbocycles. The fourth-order valence-electron chi connectivity index (χ4n) is 1.83. The third-order valence-corrected chi connectivity index (χ3v) is 3.05. The van der Waals surface area contributed by atoms with Crippen LogP contribution in [0.1, 0.15) is 22.8 Å². The molecule has 0 atom stereocenters. The van der Waals surface area contributed by atoms with Crippen molar-refractivity contribution in [1.29, 1.82) is 0 Å². The number of carbonyl (C=O) groups excluding carboxylic acids is 1. The van der Waals surface area contributed by atoms with Crippen molar-refractivity contribution in [1.82, 2.24) is 0 Å². The highest BCUT2D eigenvalue weighted by Gasteiger charge is 2.19. The lowest BCUT2D eigenvalue weighted by Crippen LogP contribution is -2.06. The van der Waals surface area contributed by atoms with E-state index in [1.807, 2.05) is 30.3 Å². The first-order chi connectivity index (χ1) is 11.0. The number of ether oxygens (including phenoxy) is 1. The van der Waals surface area contributed by atoms with Gasteiger partial charge >= 0.3 is 5.97 Å². The maximum absolute atomic E-state index is 11.8. The van der Waals surface area contributed by atoms with Crippen molar-refractivity contribution in [2.45, 2.75) is 6.92 Å². The zero-order valence-corrected chi connectivity index (χ0v) is 12.6. The van der Waals surface area contributed by atoms with Crippen LogP contribution < -0.4 is 4.84 Å². The van der Waals surface area contributed by atoms with Crippen molar-refractivity contribution in [3.05, 3.63) is 69.8 Å². The van der Waals surface area contributed by atoms with Crippen LogP contribution in [0.25, 0.3) is 0 Å². The lowest BCUT2D eigenvalue weighted by atomic mass is 10.1. The van der Waals surface area contributed by atoms with E-state index in [1.54, 1.807) is 6.92 Å². The number of carbonyl (C=O) groups is 1. The lowest BCUT2D eigenvalue weighted by Gasteiger charge is -2.06. The van der Waals surface area contributed by atoms with Crippen LogP contribution in [0.2, 0.25) is 0 Å². The van der Waals surface area contributed by atoms with Crippen molar-refractivity contribution in [2.75, 3.05) is 7.11 Å². The number of non-ortho nitro benzene ring substituents is 1. The summed E-state index contributed by atoms with van der Waals surface area (Å²) in [4.78, 5) is 27.2. The second-order valence-corrected chi connectivity index (χ2v) is 4.56. The molecule has 0 aliphatic rings. The van der Waals surface area contributed by atoms with Crippen molar-refractivity contribution in [3.8, 4) is 5.75 Å². The Labute approximate surface area is 132 Å². The number of oxime groups is 1. The molecule has 7 nitrogen and oxygen atoms in total. The van der Waals surface area contributed by atoms with Gasteiger partial charge in [-0.05, 0) is 18.6 Å². The SMILES string of the molecule is COC(=O)c1cc([N+](=O)[O-])ccc1ON=C(C)c1ccccc1. The van der Waals surface area contributed by atoms with Crippen LogP contribution in [0.4, 0.5) is 5.69 Å². The Hall–Kier alpha value is -3.22. The molecular weight excluding hydrogens is 300 g/mol. The molecule has 0 bridgehead atoms. The van der Waals surface area contributed by atoms with E-state index < -0.39 is 10.9 Å². The third kappa shape index (κ3) is 3.91. The Kier molecular flexibility index (Phi) is 5.03. The van der Waals surface area contributed by atoms with E-state index in [0.29, 0.717) is 5.71 Å². The number of nitro benzene ring substituents is 1. The predicted octanol–water partition coefficient (Wildman–Crippen LogP) is 3.18. The quantitative estimate of drug-likeness (QED) is 0.366. The summed E-state index contributed by atoms with van der Waals surface area (Å²) in [5, 5.41) is 14.8. The summed E-state index contributed by atoms with van der Waals surface area (Å²) >= 11 is 0. The molecular formula is C16H14N2O5. The molecule has 0 aliphatic carbocycles. The zero-order valence-electron chi connectivity index (χ0n) is 12.6. The van der Waals surface area contributed by atoms with Crippen LogP contribution in [0, 0.1) is 10.1 Å². The Morgan fingerprint density at radius 2 is 1.87 bits per heavy atom. The number of nitro groups is 1. The number of nitrogens with zero attached hydrogens (tertiary/aromatic N) is 2. The van der Waals surface area contributed by atoms with E-state index in [1.165, 1.54) is 19.2 Å². The van der Waals surface area contributed by atoms with Crippen molar-refractivity contribution < 1.29 is 19.3 Å². The van der Waals surface area contributed by atoms with Crippen LogP contribution in [0.3, 0.4) is 0 Å². The van der Waals surface area contributed by atoms with E-state index in [0.717, 1.165) is 11.6 Å².